The number of aromatic nitrogens is 2. The molecule has 6 nitrogen and oxygen atoms in total. The number of hydrogen-bond donors (Lipinski definition) is 2. The van der Waals surface area contributed by atoms with Crippen molar-refractivity contribution in [1.82, 2.24) is 14.9 Å². The zero-order valence-electron chi connectivity index (χ0n) is 10.0. The first kappa shape index (κ1) is 12.1. The Hall–Kier alpha value is -1.40. The van der Waals surface area contributed by atoms with Crippen LogP contribution in [0.3, 0.4) is 0 Å². The van der Waals surface area contributed by atoms with Gasteiger partial charge in [0.15, 0.2) is 6.23 Å². The van der Waals surface area contributed by atoms with Gasteiger partial charge in [-0.2, -0.15) is 0 Å². The van der Waals surface area contributed by atoms with E-state index in [2.05, 4.69) is 10.3 Å². The molecule has 0 saturated carbocycles. The molecule has 0 amide bonds. The Labute approximate surface area is 98.6 Å². The Balaban J connectivity index is 2.31. The summed E-state index contributed by atoms with van der Waals surface area (Å²) in [5.74, 6) is 0. The van der Waals surface area contributed by atoms with Crippen LogP contribution in [0.1, 0.15) is 25.1 Å². The number of aryl methyl sites for hydroxylation is 1. The zero-order valence-corrected chi connectivity index (χ0v) is 10.0. The Morgan fingerprint density at radius 2 is 2.24 bits per heavy atom. The predicted octanol–water partition coefficient (Wildman–Crippen LogP) is -0.258. The summed E-state index contributed by atoms with van der Waals surface area (Å²) < 4.78 is 7.21. The van der Waals surface area contributed by atoms with Gasteiger partial charge in [-0.05, 0) is 13.3 Å². The molecular formula is C11H17N3O3. The number of rotatable bonds is 2. The summed E-state index contributed by atoms with van der Waals surface area (Å²) in [7, 11) is 0. The van der Waals surface area contributed by atoms with Crippen molar-refractivity contribution in [3.63, 3.8) is 0 Å². The quantitative estimate of drug-likeness (QED) is 0.745. The second-order valence-electron chi connectivity index (χ2n) is 4.26. The van der Waals surface area contributed by atoms with Crippen LogP contribution in [-0.2, 0) is 4.74 Å². The van der Waals surface area contributed by atoms with Crippen LogP contribution in [0.25, 0.3) is 0 Å². The highest BCUT2D eigenvalue weighted by Crippen LogP contribution is 2.14. The number of morpholine rings is 1. The van der Waals surface area contributed by atoms with Gasteiger partial charge >= 0.3 is 5.69 Å². The number of nitrogens with one attached hydrogen (secondary N) is 2. The molecule has 0 radical (unpaired) electrons. The number of hydrogen-bond acceptors (Lipinski definition) is 4. The zero-order chi connectivity index (χ0) is 12.4. The summed E-state index contributed by atoms with van der Waals surface area (Å²) in [5, 5.41) is 3.22. The smallest absolute Gasteiger partial charge is 0.330 e. The molecule has 0 bridgehead atoms. The standard InChI is InChI=1S/C11H17N3O3/c1-3-8-4-12-5-9(17-8)14-6-7(2)10(15)13-11(14)16/h6,8-9,12H,3-5H2,1-2H3,(H,13,15,16)/t8-,9?/m1/s1. The van der Waals surface area contributed by atoms with Crippen molar-refractivity contribution < 1.29 is 4.74 Å². The highest BCUT2D eigenvalue weighted by Gasteiger charge is 2.23. The summed E-state index contributed by atoms with van der Waals surface area (Å²) in [6, 6.07) is 0. The van der Waals surface area contributed by atoms with Gasteiger partial charge in [-0.15, -0.1) is 0 Å². The minimum Gasteiger partial charge on any atom is -0.352 e. The first-order valence-electron chi connectivity index (χ1n) is 5.80. The molecule has 17 heavy (non-hydrogen) atoms. The normalized spacial score (nSPS) is 24.8. The Kier molecular flexibility index (Phi) is 3.44. The second-order valence-corrected chi connectivity index (χ2v) is 4.26. The largest absolute Gasteiger partial charge is 0.352 e. The third-order valence-corrected chi connectivity index (χ3v) is 2.95. The first-order valence-corrected chi connectivity index (χ1v) is 5.80. The van der Waals surface area contributed by atoms with Gasteiger partial charge in [-0.3, -0.25) is 14.3 Å². The van der Waals surface area contributed by atoms with Gasteiger partial charge in [0.05, 0.1) is 6.10 Å². The van der Waals surface area contributed by atoms with Crippen LogP contribution < -0.4 is 16.6 Å². The van der Waals surface area contributed by atoms with Crippen LogP contribution in [0.4, 0.5) is 0 Å². The fourth-order valence-corrected chi connectivity index (χ4v) is 1.89. The van der Waals surface area contributed by atoms with E-state index < -0.39 is 5.69 Å². The highest BCUT2D eigenvalue weighted by molar-refractivity contribution is 5.01. The maximum absolute atomic E-state index is 11.7. The average Bonchev–Trinajstić information content (AvgIpc) is 2.34. The Bertz CT molecular complexity index is 505. The van der Waals surface area contributed by atoms with Crippen LogP contribution in [-0.4, -0.2) is 28.7 Å². The molecule has 1 aromatic heterocycles. The molecule has 0 aliphatic carbocycles. The van der Waals surface area contributed by atoms with Crippen molar-refractivity contribution in [2.45, 2.75) is 32.6 Å². The molecule has 1 fully saturated rings. The van der Waals surface area contributed by atoms with E-state index in [0.717, 1.165) is 13.0 Å². The lowest BCUT2D eigenvalue weighted by molar-refractivity contribution is -0.0800. The molecular weight excluding hydrogens is 222 g/mol. The molecule has 0 aromatic carbocycles. The molecule has 6 heteroatoms. The SMILES string of the molecule is CC[C@@H]1CNCC(n2cc(C)c(=O)[nH]c2=O)O1. The second kappa shape index (κ2) is 4.85. The van der Waals surface area contributed by atoms with Gasteiger partial charge < -0.3 is 10.1 Å². The van der Waals surface area contributed by atoms with E-state index in [0.29, 0.717) is 12.1 Å². The molecule has 1 aliphatic rings. The summed E-state index contributed by atoms with van der Waals surface area (Å²) in [6.45, 7) is 5.07. The minimum atomic E-state index is -0.427. The van der Waals surface area contributed by atoms with E-state index in [4.69, 9.17) is 4.74 Å². The maximum atomic E-state index is 11.7. The lowest BCUT2D eigenvalue weighted by atomic mass is 10.2. The summed E-state index contributed by atoms with van der Waals surface area (Å²) in [4.78, 5) is 25.2. The number of aromatic amines is 1. The van der Waals surface area contributed by atoms with Crippen molar-refractivity contribution in [3.05, 3.63) is 32.6 Å². The van der Waals surface area contributed by atoms with Gasteiger partial charge in [0.1, 0.15) is 0 Å². The highest BCUT2D eigenvalue weighted by atomic mass is 16.5. The third-order valence-electron chi connectivity index (χ3n) is 2.95. The average molecular weight is 239 g/mol. The minimum absolute atomic E-state index is 0.105. The van der Waals surface area contributed by atoms with Crippen molar-refractivity contribution >= 4 is 0 Å². The summed E-state index contributed by atoms with van der Waals surface area (Å²) in [5.41, 5.74) is -0.266. The fraction of sp³-hybridized carbons (Fsp3) is 0.636. The van der Waals surface area contributed by atoms with Crippen molar-refractivity contribution in [2.75, 3.05) is 13.1 Å². The topological polar surface area (TPSA) is 76.1 Å². The lowest BCUT2D eigenvalue weighted by Crippen LogP contribution is -2.46. The van der Waals surface area contributed by atoms with Crippen LogP contribution in [0, 0.1) is 6.92 Å². The summed E-state index contributed by atoms with van der Waals surface area (Å²) in [6.07, 6.45) is 2.19. The van der Waals surface area contributed by atoms with Crippen LogP contribution in [0.15, 0.2) is 15.8 Å². The van der Waals surface area contributed by atoms with Gasteiger partial charge in [0, 0.05) is 24.8 Å². The fourth-order valence-electron chi connectivity index (χ4n) is 1.89. The summed E-state index contributed by atoms with van der Waals surface area (Å²) >= 11 is 0. The molecule has 2 rings (SSSR count). The lowest BCUT2D eigenvalue weighted by Gasteiger charge is -2.31. The van der Waals surface area contributed by atoms with E-state index in [-0.39, 0.29) is 17.9 Å². The van der Waals surface area contributed by atoms with Crippen LogP contribution >= 0.6 is 0 Å². The Morgan fingerprint density at radius 3 is 2.94 bits per heavy atom. The number of ether oxygens (including phenoxy) is 1. The molecule has 1 aliphatic heterocycles. The van der Waals surface area contributed by atoms with Crippen molar-refractivity contribution in [3.8, 4) is 0 Å². The van der Waals surface area contributed by atoms with E-state index in [1.165, 1.54) is 4.57 Å². The van der Waals surface area contributed by atoms with E-state index in [1.807, 2.05) is 6.92 Å². The van der Waals surface area contributed by atoms with Crippen molar-refractivity contribution in [1.29, 1.82) is 0 Å². The van der Waals surface area contributed by atoms with Gasteiger partial charge in [0.25, 0.3) is 5.56 Å². The van der Waals surface area contributed by atoms with E-state index in [1.54, 1.807) is 13.1 Å². The maximum Gasteiger partial charge on any atom is 0.330 e. The van der Waals surface area contributed by atoms with Crippen molar-refractivity contribution in [2.24, 2.45) is 0 Å². The molecule has 2 heterocycles. The van der Waals surface area contributed by atoms with E-state index in [9.17, 15) is 9.59 Å². The van der Waals surface area contributed by atoms with Gasteiger partial charge in [-0.1, -0.05) is 6.92 Å². The molecule has 1 saturated heterocycles. The van der Waals surface area contributed by atoms with Gasteiger partial charge in [0.2, 0.25) is 0 Å². The molecule has 0 spiro atoms. The molecule has 2 N–H and O–H groups in total. The molecule has 1 aromatic rings. The first-order chi connectivity index (χ1) is 8.11. The van der Waals surface area contributed by atoms with Crippen LogP contribution in [0.5, 0.6) is 0 Å². The van der Waals surface area contributed by atoms with Gasteiger partial charge in [-0.25, -0.2) is 4.79 Å². The Morgan fingerprint density at radius 1 is 1.47 bits per heavy atom. The number of H-pyrrole nitrogens is 1. The predicted molar refractivity (Wildman–Crippen MR) is 63.1 cm³/mol. The molecule has 1 unspecified atom stereocenters. The van der Waals surface area contributed by atoms with E-state index >= 15 is 0 Å². The molecule has 2 atom stereocenters. The number of nitrogens with zero attached hydrogens (tertiary/aromatic N) is 1. The molecule has 94 valence electrons. The third kappa shape index (κ3) is 2.48. The van der Waals surface area contributed by atoms with Crippen LogP contribution in [0.2, 0.25) is 0 Å². The monoisotopic (exact) mass is 239 g/mol.